The first-order chi connectivity index (χ1) is 8.45. The van der Waals surface area contributed by atoms with Gasteiger partial charge < -0.3 is 5.11 Å². The van der Waals surface area contributed by atoms with Crippen LogP contribution >= 0.6 is 11.6 Å². The minimum absolute atomic E-state index is 0.0659. The van der Waals surface area contributed by atoms with Gasteiger partial charge in [0.2, 0.25) is 0 Å². The van der Waals surface area contributed by atoms with Gasteiger partial charge in [-0.3, -0.25) is 9.69 Å². The molecule has 0 saturated heterocycles. The summed E-state index contributed by atoms with van der Waals surface area (Å²) in [4.78, 5) is 12.6. The van der Waals surface area contributed by atoms with E-state index < -0.39 is 11.8 Å². The van der Waals surface area contributed by atoms with Crippen molar-refractivity contribution in [2.24, 2.45) is 0 Å². The molecule has 1 rings (SSSR count). The number of halogens is 2. The van der Waals surface area contributed by atoms with Crippen LogP contribution in [0.15, 0.2) is 18.2 Å². The van der Waals surface area contributed by atoms with Crippen molar-refractivity contribution in [2.45, 2.75) is 32.9 Å². The summed E-state index contributed by atoms with van der Waals surface area (Å²) in [5.41, 5.74) is 0.609. The topological polar surface area (TPSA) is 40.5 Å². The Morgan fingerprint density at radius 3 is 2.78 bits per heavy atom. The average molecular weight is 274 g/mol. The van der Waals surface area contributed by atoms with Gasteiger partial charge in [-0.2, -0.15) is 0 Å². The predicted molar refractivity (Wildman–Crippen MR) is 69.2 cm³/mol. The van der Waals surface area contributed by atoms with Crippen LogP contribution in [-0.2, 0) is 11.3 Å². The van der Waals surface area contributed by atoms with Crippen LogP contribution in [0.25, 0.3) is 0 Å². The summed E-state index contributed by atoms with van der Waals surface area (Å²) < 4.78 is 13.3. The van der Waals surface area contributed by atoms with E-state index in [9.17, 15) is 9.18 Å². The van der Waals surface area contributed by atoms with Gasteiger partial charge in [-0.15, -0.1) is 0 Å². The molecule has 0 amide bonds. The van der Waals surface area contributed by atoms with Gasteiger partial charge in [0.15, 0.2) is 0 Å². The first kappa shape index (κ1) is 14.9. The van der Waals surface area contributed by atoms with Crippen molar-refractivity contribution >= 4 is 17.6 Å². The molecule has 0 aliphatic rings. The van der Waals surface area contributed by atoms with Crippen molar-refractivity contribution in [3.63, 3.8) is 0 Å². The zero-order valence-corrected chi connectivity index (χ0v) is 11.2. The first-order valence-corrected chi connectivity index (χ1v) is 6.22. The third kappa shape index (κ3) is 3.96. The zero-order chi connectivity index (χ0) is 13.7. The summed E-state index contributed by atoms with van der Waals surface area (Å²) in [5.74, 6) is -1.38. The van der Waals surface area contributed by atoms with Crippen molar-refractivity contribution in [3.05, 3.63) is 34.6 Å². The fourth-order valence-electron chi connectivity index (χ4n) is 1.69. The largest absolute Gasteiger partial charge is 0.480 e. The van der Waals surface area contributed by atoms with E-state index in [1.54, 1.807) is 17.0 Å². The SMILES string of the molecule is CCC(C)N(CC(=O)O)Cc1cccc(F)c1Cl. The van der Waals surface area contributed by atoms with E-state index in [2.05, 4.69) is 0 Å². The van der Waals surface area contributed by atoms with Crippen LogP contribution in [0.3, 0.4) is 0 Å². The Morgan fingerprint density at radius 1 is 1.56 bits per heavy atom. The average Bonchev–Trinajstić information content (AvgIpc) is 2.32. The maximum absolute atomic E-state index is 13.3. The molecule has 0 aliphatic heterocycles. The van der Waals surface area contributed by atoms with E-state index in [0.29, 0.717) is 12.1 Å². The van der Waals surface area contributed by atoms with Gasteiger partial charge in [0.25, 0.3) is 0 Å². The molecule has 3 nitrogen and oxygen atoms in total. The van der Waals surface area contributed by atoms with Crippen LogP contribution in [-0.4, -0.2) is 28.6 Å². The molecule has 1 unspecified atom stereocenters. The minimum Gasteiger partial charge on any atom is -0.480 e. The van der Waals surface area contributed by atoms with E-state index in [4.69, 9.17) is 16.7 Å². The highest BCUT2D eigenvalue weighted by atomic mass is 35.5. The van der Waals surface area contributed by atoms with Gasteiger partial charge in [-0.1, -0.05) is 30.7 Å². The Bertz CT molecular complexity index is 425. The van der Waals surface area contributed by atoms with Crippen LogP contribution in [0.2, 0.25) is 5.02 Å². The van der Waals surface area contributed by atoms with Crippen LogP contribution < -0.4 is 0 Å². The van der Waals surface area contributed by atoms with E-state index in [0.717, 1.165) is 6.42 Å². The molecule has 0 saturated carbocycles. The Hall–Kier alpha value is -1.13. The highest BCUT2D eigenvalue weighted by Crippen LogP contribution is 2.22. The van der Waals surface area contributed by atoms with Crippen molar-refractivity contribution in [3.8, 4) is 0 Å². The van der Waals surface area contributed by atoms with E-state index >= 15 is 0 Å². The summed E-state index contributed by atoms with van der Waals surface area (Å²) in [6.07, 6.45) is 0.820. The highest BCUT2D eigenvalue weighted by Gasteiger charge is 2.17. The first-order valence-electron chi connectivity index (χ1n) is 5.84. The Kier molecular flexibility index (Phi) is 5.56. The molecule has 0 aliphatic carbocycles. The van der Waals surface area contributed by atoms with Crippen molar-refractivity contribution in [1.82, 2.24) is 4.90 Å². The summed E-state index contributed by atoms with van der Waals surface area (Å²) >= 11 is 5.87. The number of rotatable bonds is 6. The molecule has 0 spiro atoms. The third-order valence-electron chi connectivity index (χ3n) is 2.96. The third-order valence-corrected chi connectivity index (χ3v) is 3.38. The molecule has 18 heavy (non-hydrogen) atoms. The molecule has 0 fully saturated rings. The molecule has 0 radical (unpaired) electrons. The molecule has 1 atom stereocenters. The van der Waals surface area contributed by atoms with Crippen molar-refractivity contribution < 1.29 is 14.3 Å². The lowest BCUT2D eigenvalue weighted by Crippen LogP contribution is -2.36. The second kappa shape index (κ2) is 6.71. The number of carboxylic acid groups (broad SMARTS) is 1. The number of benzene rings is 1. The van der Waals surface area contributed by atoms with Crippen LogP contribution in [0.5, 0.6) is 0 Å². The lowest BCUT2D eigenvalue weighted by Gasteiger charge is -2.27. The highest BCUT2D eigenvalue weighted by molar-refractivity contribution is 6.31. The van der Waals surface area contributed by atoms with Crippen LogP contribution in [0.4, 0.5) is 4.39 Å². The van der Waals surface area contributed by atoms with E-state index in [-0.39, 0.29) is 17.6 Å². The van der Waals surface area contributed by atoms with E-state index in [1.807, 2.05) is 13.8 Å². The quantitative estimate of drug-likeness (QED) is 0.865. The van der Waals surface area contributed by atoms with Gasteiger partial charge in [-0.05, 0) is 25.0 Å². The number of hydrogen-bond donors (Lipinski definition) is 1. The monoisotopic (exact) mass is 273 g/mol. The van der Waals surface area contributed by atoms with Gasteiger partial charge in [0, 0.05) is 12.6 Å². The molecular weight excluding hydrogens is 257 g/mol. The molecule has 1 aromatic carbocycles. The molecular formula is C13H17ClFNO2. The molecule has 1 aromatic rings. The fourth-order valence-corrected chi connectivity index (χ4v) is 1.87. The Labute approximate surface area is 111 Å². The van der Waals surface area contributed by atoms with Gasteiger partial charge in [-0.25, -0.2) is 4.39 Å². The second-order valence-electron chi connectivity index (χ2n) is 4.27. The maximum Gasteiger partial charge on any atom is 0.317 e. The fraction of sp³-hybridized carbons (Fsp3) is 0.462. The van der Waals surface area contributed by atoms with Gasteiger partial charge in [0.1, 0.15) is 5.82 Å². The Morgan fingerprint density at radius 2 is 2.22 bits per heavy atom. The van der Waals surface area contributed by atoms with Gasteiger partial charge in [0.05, 0.1) is 11.6 Å². The lowest BCUT2D eigenvalue weighted by molar-refractivity contribution is -0.139. The number of carboxylic acids is 1. The molecule has 100 valence electrons. The Balaban J connectivity index is 2.88. The summed E-state index contributed by atoms with van der Waals surface area (Å²) in [7, 11) is 0. The molecule has 5 heteroatoms. The van der Waals surface area contributed by atoms with Crippen molar-refractivity contribution in [2.75, 3.05) is 6.54 Å². The summed E-state index contributed by atoms with van der Waals surface area (Å²) in [6.45, 7) is 4.17. The standard InChI is InChI=1S/C13H17ClFNO2/c1-3-9(2)16(8-12(17)18)7-10-5-4-6-11(15)13(10)14/h4-6,9H,3,7-8H2,1-2H3,(H,17,18). The summed E-state index contributed by atoms with van der Waals surface area (Å²) in [5, 5.41) is 8.95. The number of carbonyl (C=O) groups is 1. The normalized spacial score (nSPS) is 12.7. The predicted octanol–water partition coefficient (Wildman–Crippen LogP) is 3.16. The molecule has 1 N–H and O–H groups in total. The van der Waals surface area contributed by atoms with Crippen molar-refractivity contribution in [1.29, 1.82) is 0 Å². The number of hydrogen-bond acceptors (Lipinski definition) is 2. The van der Waals surface area contributed by atoms with Gasteiger partial charge >= 0.3 is 5.97 Å². The second-order valence-corrected chi connectivity index (χ2v) is 4.65. The lowest BCUT2D eigenvalue weighted by atomic mass is 10.1. The molecule has 0 bridgehead atoms. The van der Waals surface area contributed by atoms with E-state index in [1.165, 1.54) is 6.07 Å². The van der Waals surface area contributed by atoms with Crippen LogP contribution in [0.1, 0.15) is 25.8 Å². The molecule has 0 heterocycles. The number of nitrogens with zero attached hydrogens (tertiary/aromatic N) is 1. The molecule has 0 aromatic heterocycles. The smallest absolute Gasteiger partial charge is 0.317 e. The summed E-state index contributed by atoms with van der Waals surface area (Å²) in [6, 6.07) is 4.67. The zero-order valence-electron chi connectivity index (χ0n) is 10.5. The van der Waals surface area contributed by atoms with Crippen LogP contribution in [0, 0.1) is 5.82 Å². The minimum atomic E-state index is -0.900. The number of aliphatic carboxylic acids is 1. The maximum atomic E-state index is 13.3.